The minimum atomic E-state index is -0.133. The molecule has 118 valence electrons. The van der Waals surface area contributed by atoms with Crippen LogP contribution in [0, 0.1) is 6.92 Å². The summed E-state index contributed by atoms with van der Waals surface area (Å²) in [6.07, 6.45) is 12.1. The van der Waals surface area contributed by atoms with Crippen LogP contribution in [0.1, 0.15) is 30.7 Å². The summed E-state index contributed by atoms with van der Waals surface area (Å²) in [6, 6.07) is 5.64. The van der Waals surface area contributed by atoms with Crippen LogP contribution in [0.3, 0.4) is 0 Å². The maximum absolute atomic E-state index is 12.4. The van der Waals surface area contributed by atoms with E-state index in [9.17, 15) is 4.79 Å². The fraction of sp³-hybridized carbons (Fsp3) is 0.263. The zero-order valence-electron chi connectivity index (χ0n) is 13.1. The number of nitrogens with zero attached hydrogens (tertiary/aromatic N) is 1. The first kappa shape index (κ1) is 15.3. The molecule has 0 saturated heterocycles. The van der Waals surface area contributed by atoms with Gasteiger partial charge in [-0.2, -0.15) is 0 Å². The fourth-order valence-corrected chi connectivity index (χ4v) is 2.53. The molecule has 0 radical (unpaired) electrons. The first-order valence-electron chi connectivity index (χ1n) is 7.73. The van der Waals surface area contributed by atoms with Gasteiger partial charge in [-0.25, -0.2) is 0 Å². The first-order chi connectivity index (χ1) is 11.2. The number of rotatable bonds is 5. The van der Waals surface area contributed by atoms with Crippen LogP contribution in [-0.4, -0.2) is 10.8 Å². The Morgan fingerprint density at radius 2 is 2.22 bits per heavy atom. The molecule has 0 atom stereocenters. The van der Waals surface area contributed by atoms with Crippen LogP contribution in [0.4, 0.5) is 0 Å². The summed E-state index contributed by atoms with van der Waals surface area (Å²) < 4.78 is 11.0. The number of aryl methyl sites for hydroxylation is 1. The molecule has 0 amide bonds. The average molecular weight is 309 g/mol. The highest BCUT2D eigenvalue weighted by atomic mass is 16.5. The number of hydrogen-bond acceptors (Lipinski definition) is 4. The molecule has 0 unspecified atom stereocenters. The molecule has 0 spiro atoms. The van der Waals surface area contributed by atoms with E-state index in [0.717, 1.165) is 24.2 Å². The topological polar surface area (TPSA) is 48.4 Å². The second-order valence-electron chi connectivity index (χ2n) is 5.64. The number of carbonyl (C=O) groups excluding carboxylic acids is 1. The second-order valence-corrected chi connectivity index (χ2v) is 5.64. The van der Waals surface area contributed by atoms with Crippen molar-refractivity contribution in [2.45, 2.75) is 32.6 Å². The Morgan fingerprint density at radius 3 is 3.00 bits per heavy atom. The molecule has 0 N–H and O–H groups in total. The van der Waals surface area contributed by atoms with Crippen LogP contribution in [0.15, 0.2) is 66.0 Å². The molecule has 2 heterocycles. The molecule has 0 fully saturated rings. The van der Waals surface area contributed by atoms with Crippen LogP contribution in [0.25, 0.3) is 0 Å². The van der Waals surface area contributed by atoms with Crippen LogP contribution >= 0.6 is 0 Å². The zero-order chi connectivity index (χ0) is 16.1. The van der Waals surface area contributed by atoms with E-state index in [-0.39, 0.29) is 18.0 Å². The summed E-state index contributed by atoms with van der Waals surface area (Å²) in [5.41, 5.74) is 2.90. The number of carbonyl (C=O) groups is 1. The highest BCUT2D eigenvalue weighted by Crippen LogP contribution is 2.25. The largest absolute Gasteiger partial charge is 0.465 e. The van der Waals surface area contributed by atoms with Crippen molar-refractivity contribution in [1.29, 1.82) is 0 Å². The Bertz CT molecular complexity index is 726. The molecular formula is C19H19NO3. The van der Waals surface area contributed by atoms with Gasteiger partial charge in [-0.05, 0) is 31.9 Å². The van der Waals surface area contributed by atoms with Gasteiger partial charge in [-0.15, -0.1) is 0 Å². The van der Waals surface area contributed by atoms with Crippen molar-refractivity contribution in [3.8, 4) is 0 Å². The lowest BCUT2D eigenvalue weighted by Gasteiger charge is -2.17. The van der Waals surface area contributed by atoms with Gasteiger partial charge in [0.25, 0.3) is 0 Å². The molecule has 2 aliphatic rings. The van der Waals surface area contributed by atoms with Crippen molar-refractivity contribution in [3.05, 3.63) is 77.4 Å². The quantitative estimate of drug-likeness (QED) is 0.827. The molecule has 4 heteroatoms. The molecule has 4 nitrogen and oxygen atoms in total. The number of aromatic nitrogens is 1. The van der Waals surface area contributed by atoms with Crippen molar-refractivity contribution in [1.82, 2.24) is 4.98 Å². The van der Waals surface area contributed by atoms with Gasteiger partial charge in [0, 0.05) is 17.8 Å². The molecule has 0 aromatic carbocycles. The van der Waals surface area contributed by atoms with Crippen molar-refractivity contribution in [2.75, 3.05) is 0 Å². The average Bonchev–Trinajstić information content (AvgIpc) is 2.56. The van der Waals surface area contributed by atoms with Gasteiger partial charge in [0.2, 0.25) is 11.5 Å². The van der Waals surface area contributed by atoms with Crippen molar-refractivity contribution >= 4 is 5.78 Å². The van der Waals surface area contributed by atoms with Gasteiger partial charge in [0.05, 0.1) is 6.42 Å². The van der Waals surface area contributed by atoms with E-state index in [0.29, 0.717) is 12.2 Å². The number of hydrogen-bond donors (Lipinski definition) is 0. The number of ketones is 1. The molecule has 1 aromatic rings. The van der Waals surface area contributed by atoms with E-state index in [2.05, 4.69) is 17.1 Å². The first-order valence-corrected chi connectivity index (χ1v) is 7.73. The number of ether oxygens (including phenoxy) is 2. The van der Waals surface area contributed by atoms with Crippen LogP contribution in [0.2, 0.25) is 0 Å². The van der Waals surface area contributed by atoms with Crippen LogP contribution in [-0.2, 0) is 20.7 Å². The zero-order valence-corrected chi connectivity index (χ0v) is 13.1. The number of allylic oxidation sites excluding steroid dienone is 5. The molecule has 3 rings (SSSR count). The summed E-state index contributed by atoms with van der Waals surface area (Å²) in [5.74, 6) is 0.763. The molecular weight excluding hydrogens is 290 g/mol. The minimum Gasteiger partial charge on any atom is -0.465 e. The third kappa shape index (κ3) is 4.19. The standard InChI is InChI=1S/C19H19NO3/c1-14-6-5-9-16(20-14)11-18(21)19-13-22-12-17(23-19)10-15-7-3-2-4-8-15/h2-3,5-7,9,12-13H,4,8,10-11H2,1H3. The van der Waals surface area contributed by atoms with E-state index < -0.39 is 0 Å². The highest BCUT2D eigenvalue weighted by molar-refractivity contribution is 5.94. The monoisotopic (exact) mass is 309 g/mol. The summed E-state index contributed by atoms with van der Waals surface area (Å²) in [7, 11) is 0. The molecule has 23 heavy (non-hydrogen) atoms. The summed E-state index contributed by atoms with van der Waals surface area (Å²) in [4.78, 5) is 16.7. The summed E-state index contributed by atoms with van der Waals surface area (Å²) in [5, 5.41) is 0. The lowest BCUT2D eigenvalue weighted by molar-refractivity contribution is -0.118. The summed E-state index contributed by atoms with van der Waals surface area (Å²) >= 11 is 0. The van der Waals surface area contributed by atoms with E-state index in [1.54, 1.807) is 6.26 Å². The Hall–Kier alpha value is -2.62. The van der Waals surface area contributed by atoms with Gasteiger partial charge in [0.1, 0.15) is 18.3 Å². The Morgan fingerprint density at radius 1 is 1.30 bits per heavy atom. The molecule has 0 bridgehead atoms. The third-order valence-electron chi connectivity index (χ3n) is 3.68. The highest BCUT2D eigenvalue weighted by Gasteiger charge is 2.19. The SMILES string of the molecule is Cc1cccc(CC(=O)C2=COC=C(CC3=CC=CCC3)O2)n1. The number of pyridine rings is 1. The normalized spacial score (nSPS) is 16.7. The second kappa shape index (κ2) is 7.09. The molecule has 0 saturated carbocycles. The smallest absolute Gasteiger partial charge is 0.207 e. The maximum Gasteiger partial charge on any atom is 0.207 e. The van der Waals surface area contributed by atoms with Gasteiger partial charge in [-0.3, -0.25) is 9.78 Å². The molecule has 1 aromatic heterocycles. The van der Waals surface area contributed by atoms with Gasteiger partial charge < -0.3 is 9.47 Å². The van der Waals surface area contributed by atoms with E-state index >= 15 is 0 Å². The maximum atomic E-state index is 12.4. The minimum absolute atomic E-state index is 0.133. The van der Waals surface area contributed by atoms with E-state index in [1.165, 1.54) is 11.8 Å². The van der Waals surface area contributed by atoms with Crippen LogP contribution < -0.4 is 0 Å². The Balaban J connectivity index is 1.60. The molecule has 1 aliphatic heterocycles. The lowest BCUT2D eigenvalue weighted by Crippen LogP contribution is -2.13. The van der Waals surface area contributed by atoms with E-state index in [4.69, 9.17) is 9.47 Å². The predicted octanol–water partition coefficient (Wildman–Crippen LogP) is 3.90. The number of Topliss-reactive ketones (excluding diaryl/α,β-unsaturated/α-hetero) is 1. The van der Waals surface area contributed by atoms with E-state index in [1.807, 2.05) is 31.2 Å². The Kier molecular flexibility index (Phi) is 4.71. The van der Waals surface area contributed by atoms with Crippen LogP contribution in [0.5, 0.6) is 0 Å². The van der Waals surface area contributed by atoms with Crippen molar-refractivity contribution < 1.29 is 14.3 Å². The van der Waals surface area contributed by atoms with Crippen molar-refractivity contribution in [3.63, 3.8) is 0 Å². The van der Waals surface area contributed by atoms with Gasteiger partial charge in [-0.1, -0.05) is 29.9 Å². The van der Waals surface area contributed by atoms with Gasteiger partial charge >= 0.3 is 0 Å². The molecule has 1 aliphatic carbocycles. The third-order valence-corrected chi connectivity index (χ3v) is 3.68. The summed E-state index contributed by atoms with van der Waals surface area (Å²) in [6.45, 7) is 1.90. The van der Waals surface area contributed by atoms with Crippen molar-refractivity contribution in [2.24, 2.45) is 0 Å². The predicted molar refractivity (Wildman–Crippen MR) is 87.1 cm³/mol. The fourth-order valence-electron chi connectivity index (χ4n) is 2.53. The van der Waals surface area contributed by atoms with Gasteiger partial charge in [0.15, 0.2) is 0 Å². The lowest BCUT2D eigenvalue weighted by atomic mass is 10.0. The Labute approximate surface area is 135 Å².